The number of esters is 1. The van der Waals surface area contributed by atoms with Gasteiger partial charge in [-0.05, 0) is 30.1 Å². The number of hydrogen-bond donors (Lipinski definition) is 1. The molecule has 0 aromatic rings. The lowest BCUT2D eigenvalue weighted by Crippen LogP contribution is -2.41. The molecule has 0 bridgehead atoms. The van der Waals surface area contributed by atoms with Gasteiger partial charge in [-0.2, -0.15) is 0 Å². The van der Waals surface area contributed by atoms with Crippen molar-refractivity contribution < 1.29 is 14.6 Å². The van der Waals surface area contributed by atoms with E-state index in [2.05, 4.69) is 42.6 Å². The molecule has 3 nitrogen and oxygen atoms in total. The third-order valence-corrected chi connectivity index (χ3v) is 4.96. The molecule has 0 aliphatic heterocycles. The zero-order valence-corrected chi connectivity index (χ0v) is 12.6. The number of aliphatic hydroxyl groups is 1. The Hall–Kier alpha value is -1.27. The summed E-state index contributed by atoms with van der Waals surface area (Å²) in [5.74, 6) is 5.88. The molecule has 1 N–H and O–H groups in total. The van der Waals surface area contributed by atoms with Gasteiger partial charge in [-0.15, -0.1) is 0 Å². The van der Waals surface area contributed by atoms with E-state index in [1.807, 2.05) is 0 Å². The summed E-state index contributed by atoms with van der Waals surface area (Å²) in [5, 5.41) is 10.4. The van der Waals surface area contributed by atoms with E-state index in [-0.39, 0.29) is 11.5 Å². The fraction of sp³-hybridized carbons (Fsp3) is 0.706. The maximum absolute atomic E-state index is 11.0. The zero-order chi connectivity index (χ0) is 14.8. The Kier molecular flexibility index (Phi) is 4.55. The highest BCUT2D eigenvalue weighted by atomic mass is 16.5. The third-order valence-electron chi connectivity index (χ3n) is 4.96. The largest absolute Gasteiger partial charge is 0.459 e. The first-order valence-corrected chi connectivity index (χ1v) is 7.42. The molecule has 2 aliphatic carbocycles. The van der Waals surface area contributed by atoms with Crippen molar-refractivity contribution in [2.75, 3.05) is 7.11 Å². The van der Waals surface area contributed by atoms with E-state index in [4.69, 9.17) is 0 Å². The SMILES string of the molecule is COC(=O)C#CCC(C)C1C=CC2(C)CCCC(O)C12. The molecule has 2 aliphatic rings. The molecule has 5 atom stereocenters. The minimum atomic E-state index is -0.485. The summed E-state index contributed by atoms with van der Waals surface area (Å²) in [5.41, 5.74) is 0.131. The lowest BCUT2D eigenvalue weighted by Gasteiger charge is -2.43. The molecule has 3 heteroatoms. The minimum Gasteiger partial charge on any atom is -0.459 e. The predicted molar refractivity (Wildman–Crippen MR) is 77.7 cm³/mol. The molecule has 0 aromatic carbocycles. The van der Waals surface area contributed by atoms with E-state index in [1.165, 1.54) is 7.11 Å². The first-order chi connectivity index (χ1) is 9.48. The van der Waals surface area contributed by atoms with Crippen LogP contribution >= 0.6 is 0 Å². The van der Waals surface area contributed by atoms with Crippen molar-refractivity contribution in [2.24, 2.45) is 23.2 Å². The summed E-state index contributed by atoms with van der Waals surface area (Å²) in [6.45, 7) is 4.40. The van der Waals surface area contributed by atoms with Gasteiger partial charge in [0.05, 0.1) is 13.2 Å². The summed E-state index contributed by atoms with van der Waals surface area (Å²) < 4.78 is 4.51. The first-order valence-electron chi connectivity index (χ1n) is 7.42. The van der Waals surface area contributed by atoms with Crippen molar-refractivity contribution in [3.05, 3.63) is 12.2 Å². The van der Waals surface area contributed by atoms with Crippen molar-refractivity contribution in [1.29, 1.82) is 0 Å². The Balaban J connectivity index is 2.03. The van der Waals surface area contributed by atoms with Crippen LogP contribution in [0.5, 0.6) is 0 Å². The van der Waals surface area contributed by atoms with Gasteiger partial charge in [0.15, 0.2) is 0 Å². The van der Waals surface area contributed by atoms with E-state index in [9.17, 15) is 9.90 Å². The van der Waals surface area contributed by atoms with Crippen LogP contribution in [0, 0.1) is 35.0 Å². The van der Waals surface area contributed by atoms with Crippen molar-refractivity contribution in [2.45, 2.75) is 45.6 Å². The van der Waals surface area contributed by atoms with Gasteiger partial charge in [0.1, 0.15) is 0 Å². The highest BCUT2D eigenvalue weighted by molar-refractivity contribution is 5.88. The van der Waals surface area contributed by atoms with Crippen LogP contribution in [0.3, 0.4) is 0 Å². The molecule has 20 heavy (non-hydrogen) atoms. The summed E-state index contributed by atoms with van der Waals surface area (Å²) in [7, 11) is 1.34. The molecule has 0 amide bonds. The Morgan fingerprint density at radius 3 is 3.05 bits per heavy atom. The van der Waals surface area contributed by atoms with Crippen molar-refractivity contribution >= 4 is 5.97 Å². The number of fused-ring (bicyclic) bond motifs is 1. The van der Waals surface area contributed by atoms with Crippen molar-refractivity contribution in [1.82, 2.24) is 0 Å². The summed E-state index contributed by atoms with van der Waals surface area (Å²) in [4.78, 5) is 11.0. The molecular formula is C17H24O3. The second kappa shape index (κ2) is 6.01. The first kappa shape index (κ1) is 15.1. The number of allylic oxidation sites excluding steroid dienone is 2. The van der Waals surface area contributed by atoms with Gasteiger partial charge in [-0.1, -0.05) is 38.3 Å². The van der Waals surface area contributed by atoms with Crippen LogP contribution in [-0.4, -0.2) is 24.3 Å². The standard InChI is InChI=1S/C17H24O3/c1-12(6-4-8-15(19)20-3)13-9-11-17(2)10-5-7-14(18)16(13)17/h9,11-14,16,18H,5-7,10H2,1-3H3. The Morgan fingerprint density at radius 1 is 1.60 bits per heavy atom. The number of rotatable bonds is 2. The van der Waals surface area contributed by atoms with Crippen molar-refractivity contribution in [3.63, 3.8) is 0 Å². The Morgan fingerprint density at radius 2 is 2.35 bits per heavy atom. The van der Waals surface area contributed by atoms with Crippen LogP contribution in [0.4, 0.5) is 0 Å². The number of hydrogen-bond acceptors (Lipinski definition) is 3. The summed E-state index contributed by atoms with van der Waals surface area (Å²) in [6.07, 6.45) is 8.13. The van der Waals surface area contributed by atoms with Crippen LogP contribution < -0.4 is 0 Å². The lowest BCUT2D eigenvalue weighted by atomic mass is 9.63. The fourth-order valence-electron chi connectivity index (χ4n) is 3.83. The van der Waals surface area contributed by atoms with Gasteiger partial charge in [0.25, 0.3) is 0 Å². The van der Waals surface area contributed by atoms with E-state index >= 15 is 0 Å². The highest BCUT2D eigenvalue weighted by Crippen LogP contribution is 2.52. The van der Waals surface area contributed by atoms with Gasteiger partial charge < -0.3 is 9.84 Å². The van der Waals surface area contributed by atoms with Gasteiger partial charge in [-0.3, -0.25) is 0 Å². The molecule has 110 valence electrons. The second-order valence-electron chi connectivity index (χ2n) is 6.40. The number of methoxy groups -OCH3 is 1. The smallest absolute Gasteiger partial charge is 0.384 e. The average Bonchev–Trinajstić information content (AvgIpc) is 2.77. The lowest BCUT2D eigenvalue weighted by molar-refractivity contribution is -0.133. The van der Waals surface area contributed by atoms with Crippen LogP contribution in [-0.2, 0) is 9.53 Å². The monoisotopic (exact) mass is 276 g/mol. The van der Waals surface area contributed by atoms with Gasteiger partial charge in [-0.25, -0.2) is 4.79 Å². The van der Waals surface area contributed by atoms with Crippen LogP contribution in [0.1, 0.15) is 39.5 Å². The van der Waals surface area contributed by atoms with Crippen LogP contribution in [0.2, 0.25) is 0 Å². The summed E-state index contributed by atoms with van der Waals surface area (Å²) >= 11 is 0. The number of carbonyl (C=O) groups excluding carboxylic acids is 1. The molecule has 0 heterocycles. The molecule has 0 saturated heterocycles. The molecular weight excluding hydrogens is 252 g/mol. The maximum atomic E-state index is 11.0. The second-order valence-corrected chi connectivity index (χ2v) is 6.40. The maximum Gasteiger partial charge on any atom is 0.384 e. The zero-order valence-electron chi connectivity index (χ0n) is 12.6. The van der Waals surface area contributed by atoms with Gasteiger partial charge in [0.2, 0.25) is 0 Å². The Bertz CT molecular complexity index is 457. The third kappa shape index (κ3) is 2.91. The molecule has 1 fully saturated rings. The molecule has 5 unspecified atom stereocenters. The predicted octanol–water partition coefficient (Wildman–Crippen LogP) is 2.54. The molecule has 2 rings (SSSR count). The quantitative estimate of drug-likeness (QED) is 0.365. The van der Waals surface area contributed by atoms with E-state index in [0.717, 1.165) is 19.3 Å². The van der Waals surface area contributed by atoms with Crippen LogP contribution in [0.25, 0.3) is 0 Å². The van der Waals surface area contributed by atoms with Gasteiger partial charge in [0, 0.05) is 18.3 Å². The molecule has 0 radical (unpaired) electrons. The fourth-order valence-corrected chi connectivity index (χ4v) is 3.83. The number of carbonyl (C=O) groups is 1. The van der Waals surface area contributed by atoms with E-state index < -0.39 is 5.97 Å². The number of ether oxygens (including phenoxy) is 1. The summed E-state index contributed by atoms with van der Waals surface area (Å²) in [6, 6.07) is 0. The van der Waals surface area contributed by atoms with Crippen LogP contribution in [0.15, 0.2) is 12.2 Å². The topological polar surface area (TPSA) is 46.5 Å². The molecule has 0 spiro atoms. The van der Waals surface area contributed by atoms with E-state index in [0.29, 0.717) is 24.2 Å². The molecule has 0 aromatic heterocycles. The van der Waals surface area contributed by atoms with E-state index in [1.54, 1.807) is 0 Å². The average molecular weight is 276 g/mol. The highest BCUT2D eigenvalue weighted by Gasteiger charge is 2.48. The normalized spacial score (nSPS) is 36.7. The minimum absolute atomic E-state index is 0.131. The number of aliphatic hydroxyl groups excluding tert-OH is 1. The van der Waals surface area contributed by atoms with Crippen molar-refractivity contribution in [3.8, 4) is 11.8 Å². The van der Waals surface area contributed by atoms with Gasteiger partial charge >= 0.3 is 5.97 Å². The Labute approximate surface area is 121 Å². The molecule has 1 saturated carbocycles.